The monoisotopic (exact) mass is 344 g/mol. The highest BCUT2D eigenvalue weighted by Gasteiger charge is 2.45. The summed E-state index contributed by atoms with van der Waals surface area (Å²) in [4.78, 5) is 28.8. The zero-order valence-electron chi connectivity index (χ0n) is 13.9. The van der Waals surface area contributed by atoms with E-state index in [9.17, 15) is 14.7 Å². The largest absolute Gasteiger partial charge is 0.493 e. The number of rotatable bonds is 5. The minimum absolute atomic E-state index is 0.138. The van der Waals surface area contributed by atoms with Crippen molar-refractivity contribution in [3.8, 4) is 11.5 Å². The number of hydrogen-bond acceptors (Lipinski definition) is 4. The summed E-state index contributed by atoms with van der Waals surface area (Å²) in [7, 11) is 1.51. The van der Waals surface area contributed by atoms with Crippen LogP contribution in [0.5, 0.6) is 11.5 Å². The van der Waals surface area contributed by atoms with Crippen LogP contribution >= 0.6 is 0 Å². The van der Waals surface area contributed by atoms with Gasteiger partial charge in [0.15, 0.2) is 11.5 Å². The normalized spacial score (nSPS) is 16.3. The van der Waals surface area contributed by atoms with E-state index in [1.807, 2.05) is 0 Å². The number of nitrogens with zero attached hydrogens (tertiary/aromatic N) is 1. The molecule has 1 aromatic heterocycles. The number of amides is 1. The summed E-state index contributed by atoms with van der Waals surface area (Å²) in [5, 5.41) is 9.75. The number of benzene rings is 1. The third-order valence-electron chi connectivity index (χ3n) is 4.45. The number of H-pyrrole nitrogens is 1. The fourth-order valence-electron chi connectivity index (χ4n) is 2.98. The average Bonchev–Trinajstić information content (AvgIpc) is 3.17. The van der Waals surface area contributed by atoms with E-state index in [1.54, 1.807) is 47.5 Å². The van der Waals surface area contributed by atoms with E-state index in [-0.39, 0.29) is 18.7 Å². The minimum Gasteiger partial charge on any atom is -0.493 e. The van der Waals surface area contributed by atoms with Crippen LogP contribution in [0.25, 0.3) is 0 Å². The molecule has 0 spiro atoms. The van der Waals surface area contributed by atoms with Crippen LogP contribution in [0.15, 0.2) is 42.6 Å². The summed E-state index contributed by atoms with van der Waals surface area (Å²) < 4.78 is 11.1. The number of para-hydroxylation sites is 2. The highest BCUT2D eigenvalue weighted by molar-refractivity contribution is 5.92. The van der Waals surface area contributed by atoms with Crippen LogP contribution in [-0.2, 0) is 4.79 Å². The lowest BCUT2D eigenvalue weighted by molar-refractivity contribution is -0.159. The Balaban J connectivity index is 1.75. The van der Waals surface area contributed by atoms with Crippen LogP contribution in [0.3, 0.4) is 0 Å². The van der Waals surface area contributed by atoms with Crippen LogP contribution < -0.4 is 9.47 Å². The summed E-state index contributed by atoms with van der Waals surface area (Å²) in [6.07, 6.45) is 2.09. The molecule has 0 aliphatic carbocycles. The summed E-state index contributed by atoms with van der Waals surface area (Å²) in [6.45, 7) is 0.610. The standard InChI is InChI=1S/C18H20N2O5/c1-24-14-6-2-3-7-15(14)25-18(17(22)23)8-11-20(12-9-18)16(21)13-5-4-10-19-13/h2-7,10,19H,8-9,11-12H2,1H3,(H,22,23). The highest BCUT2D eigenvalue weighted by atomic mass is 16.5. The van der Waals surface area contributed by atoms with Gasteiger partial charge >= 0.3 is 5.97 Å². The zero-order chi connectivity index (χ0) is 17.9. The Hall–Kier alpha value is -2.96. The number of aliphatic carboxylic acids is 1. The molecule has 1 aliphatic heterocycles. The molecule has 2 N–H and O–H groups in total. The summed E-state index contributed by atoms with van der Waals surface area (Å²) in [6, 6.07) is 10.4. The van der Waals surface area contributed by atoms with Gasteiger partial charge in [0.2, 0.25) is 5.60 Å². The molecule has 0 atom stereocenters. The number of carboxylic acid groups (broad SMARTS) is 1. The molecule has 1 aromatic carbocycles. The number of carbonyl (C=O) groups excluding carboxylic acids is 1. The number of ether oxygens (including phenoxy) is 2. The number of nitrogens with one attached hydrogen (secondary N) is 1. The molecule has 1 aliphatic rings. The van der Waals surface area contributed by atoms with Crippen molar-refractivity contribution < 1.29 is 24.2 Å². The van der Waals surface area contributed by atoms with Gasteiger partial charge in [-0.2, -0.15) is 0 Å². The maximum absolute atomic E-state index is 12.4. The topological polar surface area (TPSA) is 91.9 Å². The summed E-state index contributed by atoms with van der Waals surface area (Å²) in [5.74, 6) is -0.309. The molecule has 0 unspecified atom stereocenters. The fourth-order valence-corrected chi connectivity index (χ4v) is 2.98. The smallest absolute Gasteiger partial charge is 0.348 e. The van der Waals surface area contributed by atoms with Gasteiger partial charge in [-0.15, -0.1) is 0 Å². The van der Waals surface area contributed by atoms with Gasteiger partial charge in [-0.05, 0) is 24.3 Å². The van der Waals surface area contributed by atoms with Crippen molar-refractivity contribution in [3.63, 3.8) is 0 Å². The van der Waals surface area contributed by atoms with Crippen molar-refractivity contribution in [2.75, 3.05) is 20.2 Å². The molecule has 7 nitrogen and oxygen atoms in total. The van der Waals surface area contributed by atoms with Crippen LogP contribution in [-0.4, -0.2) is 52.7 Å². The van der Waals surface area contributed by atoms with E-state index in [2.05, 4.69) is 4.98 Å². The van der Waals surface area contributed by atoms with E-state index in [4.69, 9.17) is 9.47 Å². The number of hydrogen-bond donors (Lipinski definition) is 2. The molecule has 1 amide bonds. The van der Waals surface area contributed by atoms with Gasteiger partial charge in [0.25, 0.3) is 5.91 Å². The van der Waals surface area contributed by atoms with E-state index >= 15 is 0 Å². The molecule has 1 saturated heterocycles. The van der Waals surface area contributed by atoms with Gasteiger partial charge in [-0.3, -0.25) is 4.79 Å². The molecular weight excluding hydrogens is 324 g/mol. The minimum atomic E-state index is -1.37. The van der Waals surface area contributed by atoms with Gasteiger partial charge in [-0.25, -0.2) is 4.79 Å². The Morgan fingerprint density at radius 1 is 1.12 bits per heavy atom. The molecule has 0 radical (unpaired) electrons. The lowest BCUT2D eigenvalue weighted by Crippen LogP contribution is -2.54. The summed E-state index contributed by atoms with van der Waals surface area (Å²) >= 11 is 0. The Kier molecular flexibility index (Phi) is 4.65. The van der Waals surface area contributed by atoms with Crippen molar-refractivity contribution in [2.45, 2.75) is 18.4 Å². The fraction of sp³-hybridized carbons (Fsp3) is 0.333. The summed E-state index contributed by atoms with van der Waals surface area (Å²) in [5.41, 5.74) is -0.880. The highest BCUT2D eigenvalue weighted by Crippen LogP contribution is 2.34. The maximum Gasteiger partial charge on any atom is 0.348 e. The number of aromatic amines is 1. The lowest BCUT2D eigenvalue weighted by atomic mass is 9.90. The van der Waals surface area contributed by atoms with Crippen molar-refractivity contribution in [1.29, 1.82) is 0 Å². The van der Waals surface area contributed by atoms with Gasteiger partial charge < -0.3 is 24.5 Å². The first-order valence-corrected chi connectivity index (χ1v) is 8.04. The number of piperidine rings is 1. The first-order valence-electron chi connectivity index (χ1n) is 8.04. The van der Waals surface area contributed by atoms with Gasteiger partial charge in [-0.1, -0.05) is 12.1 Å². The third-order valence-corrected chi connectivity index (χ3v) is 4.45. The van der Waals surface area contributed by atoms with Crippen molar-refractivity contribution in [2.24, 2.45) is 0 Å². The molecule has 132 valence electrons. The molecular formula is C18H20N2O5. The van der Waals surface area contributed by atoms with Crippen LogP contribution in [0.4, 0.5) is 0 Å². The average molecular weight is 344 g/mol. The Morgan fingerprint density at radius 2 is 1.80 bits per heavy atom. The van der Waals surface area contributed by atoms with Gasteiger partial charge in [0, 0.05) is 32.1 Å². The Bertz CT molecular complexity index is 749. The molecule has 2 heterocycles. The Labute approximate surface area is 145 Å². The second-order valence-electron chi connectivity index (χ2n) is 5.93. The first kappa shape index (κ1) is 16.9. The van der Waals surface area contributed by atoms with E-state index in [1.165, 1.54) is 7.11 Å². The molecule has 2 aromatic rings. The number of likely N-dealkylation sites (tertiary alicyclic amines) is 1. The van der Waals surface area contributed by atoms with Crippen molar-refractivity contribution >= 4 is 11.9 Å². The molecule has 3 rings (SSSR count). The SMILES string of the molecule is COc1ccccc1OC1(C(=O)O)CCN(C(=O)c2ccc[nH]2)CC1. The number of aromatic nitrogens is 1. The van der Waals surface area contributed by atoms with Crippen LogP contribution in [0, 0.1) is 0 Å². The lowest BCUT2D eigenvalue weighted by Gasteiger charge is -2.38. The van der Waals surface area contributed by atoms with Crippen LogP contribution in [0.1, 0.15) is 23.3 Å². The van der Waals surface area contributed by atoms with E-state index in [0.717, 1.165) is 0 Å². The Morgan fingerprint density at radius 3 is 2.36 bits per heavy atom. The maximum atomic E-state index is 12.4. The molecule has 7 heteroatoms. The van der Waals surface area contributed by atoms with E-state index < -0.39 is 11.6 Å². The third kappa shape index (κ3) is 3.31. The molecule has 0 saturated carbocycles. The molecule has 1 fully saturated rings. The second-order valence-corrected chi connectivity index (χ2v) is 5.93. The zero-order valence-corrected chi connectivity index (χ0v) is 13.9. The van der Waals surface area contributed by atoms with Crippen molar-refractivity contribution in [1.82, 2.24) is 9.88 Å². The van der Waals surface area contributed by atoms with Gasteiger partial charge in [0.1, 0.15) is 5.69 Å². The number of carbonyl (C=O) groups is 2. The van der Waals surface area contributed by atoms with E-state index in [0.29, 0.717) is 30.3 Å². The predicted octanol–water partition coefficient (Wildman–Crippen LogP) is 2.16. The second kappa shape index (κ2) is 6.88. The van der Waals surface area contributed by atoms with Crippen molar-refractivity contribution in [3.05, 3.63) is 48.3 Å². The predicted molar refractivity (Wildman–Crippen MR) is 89.9 cm³/mol. The number of methoxy groups -OCH3 is 1. The number of carboxylic acids is 1. The quantitative estimate of drug-likeness (QED) is 0.867. The molecule has 25 heavy (non-hydrogen) atoms. The first-order chi connectivity index (χ1) is 12.1. The molecule has 0 bridgehead atoms. The van der Waals surface area contributed by atoms with Crippen LogP contribution in [0.2, 0.25) is 0 Å². The van der Waals surface area contributed by atoms with Gasteiger partial charge in [0.05, 0.1) is 7.11 Å².